The van der Waals surface area contributed by atoms with Gasteiger partial charge in [0.15, 0.2) is 0 Å². The molecule has 0 N–H and O–H groups in total. The molecule has 0 fully saturated rings. The van der Waals surface area contributed by atoms with Crippen LogP contribution in [-0.2, 0) is 4.79 Å². The van der Waals surface area contributed by atoms with Crippen LogP contribution in [0.1, 0.15) is 13.3 Å². The summed E-state index contributed by atoms with van der Waals surface area (Å²) in [5.41, 5.74) is -0.201. The molecule has 3 heteroatoms. The molecule has 0 amide bonds. The van der Waals surface area contributed by atoms with Gasteiger partial charge in [0.2, 0.25) is 0 Å². The molecule has 0 radical (unpaired) electrons. The van der Waals surface area contributed by atoms with Gasteiger partial charge in [0.1, 0.15) is 5.57 Å². The highest BCUT2D eigenvalue weighted by atomic mass is 16.4. The number of carboxylic acid groups (broad SMARTS) is 1. The third-order valence-electron chi connectivity index (χ3n) is 0.796. The van der Waals surface area contributed by atoms with Crippen molar-refractivity contribution in [2.75, 3.05) is 6.54 Å². The molecule has 0 aromatic rings. The lowest BCUT2D eigenvalue weighted by atomic mass is 10.3. The Morgan fingerprint density at radius 1 is 1.80 bits per heavy atom. The number of hydrogen-bond acceptors (Lipinski definition) is 2. The molecule has 54 valence electrons. The van der Waals surface area contributed by atoms with Gasteiger partial charge in [0, 0.05) is 6.42 Å². The fourth-order valence-electron chi connectivity index (χ4n) is 0.309. The van der Waals surface area contributed by atoms with Crippen molar-refractivity contribution in [2.45, 2.75) is 13.3 Å². The average Bonchev–Trinajstić information content (AvgIpc) is 1.88. The van der Waals surface area contributed by atoms with Gasteiger partial charge in [-0.1, -0.05) is 18.3 Å². The Kier molecular flexibility index (Phi) is 3.97. The van der Waals surface area contributed by atoms with Crippen molar-refractivity contribution >= 4 is 5.97 Å². The second-order valence-electron chi connectivity index (χ2n) is 1.76. The summed E-state index contributed by atoms with van der Waals surface area (Å²) in [7, 11) is 0. The standard InChI is InChI=1S/C7H9NO2/c1-3-4-8-5-6(2)7(9)10/h2-4H2,1H3. The minimum Gasteiger partial charge on any atom is -0.544 e. The highest BCUT2D eigenvalue weighted by molar-refractivity contribution is 5.88. The number of rotatable bonds is 2. The minimum atomic E-state index is -1.32. The van der Waals surface area contributed by atoms with Crippen LogP contribution in [0.5, 0.6) is 0 Å². The Balaban J connectivity index is 3.81. The van der Waals surface area contributed by atoms with E-state index in [4.69, 9.17) is 0 Å². The van der Waals surface area contributed by atoms with Crippen molar-refractivity contribution in [1.29, 1.82) is 0 Å². The molecule has 0 unspecified atom stereocenters. The maximum atomic E-state index is 9.96. The smallest absolute Gasteiger partial charge is 0.312 e. The highest BCUT2D eigenvalue weighted by Crippen LogP contribution is 1.85. The van der Waals surface area contributed by atoms with Crippen molar-refractivity contribution in [3.8, 4) is 6.07 Å². The Hall–Kier alpha value is -1.30. The largest absolute Gasteiger partial charge is 0.544 e. The van der Waals surface area contributed by atoms with Crippen LogP contribution in [0.4, 0.5) is 0 Å². The zero-order valence-electron chi connectivity index (χ0n) is 5.89. The first kappa shape index (κ1) is 8.70. The molecule has 0 aliphatic rings. The molecule has 0 bridgehead atoms. The number of carboxylic acids is 1. The summed E-state index contributed by atoms with van der Waals surface area (Å²) >= 11 is 0. The van der Waals surface area contributed by atoms with E-state index >= 15 is 0 Å². The molecular weight excluding hydrogens is 130 g/mol. The van der Waals surface area contributed by atoms with Gasteiger partial charge in [-0.3, -0.25) is 0 Å². The van der Waals surface area contributed by atoms with E-state index in [0.29, 0.717) is 6.54 Å². The second kappa shape index (κ2) is 4.57. The lowest BCUT2D eigenvalue weighted by molar-refractivity contribution is -0.298. The zero-order chi connectivity index (χ0) is 7.98. The third kappa shape index (κ3) is 3.67. The molecular formula is C7H9NO2. The lowest BCUT2D eigenvalue weighted by Crippen LogP contribution is -2.22. The van der Waals surface area contributed by atoms with Crippen LogP contribution >= 0.6 is 0 Å². The first-order valence-corrected chi connectivity index (χ1v) is 3.01. The fourth-order valence-corrected chi connectivity index (χ4v) is 0.309. The van der Waals surface area contributed by atoms with Crippen LogP contribution in [0.2, 0.25) is 0 Å². The second-order valence-corrected chi connectivity index (χ2v) is 1.76. The van der Waals surface area contributed by atoms with Gasteiger partial charge in [0.05, 0.1) is 5.97 Å². The SMILES string of the molecule is C=C(C#[N+]CCC)C(=O)[O-]. The first-order chi connectivity index (χ1) is 4.68. The summed E-state index contributed by atoms with van der Waals surface area (Å²) in [4.78, 5) is 13.6. The minimum absolute atomic E-state index is 0.201. The van der Waals surface area contributed by atoms with Crippen molar-refractivity contribution in [3.05, 3.63) is 17.0 Å². The van der Waals surface area contributed by atoms with E-state index in [1.807, 2.05) is 6.92 Å². The van der Waals surface area contributed by atoms with Crippen LogP contribution in [-0.4, -0.2) is 12.5 Å². The molecule has 0 heterocycles. The summed E-state index contributed by atoms with van der Waals surface area (Å²) in [6.07, 6.45) is 0.868. The normalized spacial score (nSPS) is 7.70. The molecule has 3 nitrogen and oxygen atoms in total. The molecule has 0 saturated carbocycles. The topological polar surface area (TPSA) is 44.5 Å². The Morgan fingerprint density at radius 3 is 2.80 bits per heavy atom. The van der Waals surface area contributed by atoms with E-state index in [0.717, 1.165) is 6.42 Å². The predicted molar refractivity (Wildman–Crippen MR) is 36.6 cm³/mol. The molecule has 0 atom stereocenters. The summed E-state index contributed by atoms with van der Waals surface area (Å²) < 4.78 is 0. The third-order valence-corrected chi connectivity index (χ3v) is 0.796. The molecule has 0 aliphatic heterocycles. The van der Waals surface area contributed by atoms with E-state index in [2.05, 4.69) is 17.5 Å². The molecule has 0 aliphatic carbocycles. The van der Waals surface area contributed by atoms with Crippen molar-refractivity contribution in [2.24, 2.45) is 0 Å². The van der Waals surface area contributed by atoms with E-state index in [-0.39, 0.29) is 5.57 Å². The van der Waals surface area contributed by atoms with Gasteiger partial charge in [-0.15, -0.1) is 0 Å². The van der Waals surface area contributed by atoms with E-state index in [1.54, 1.807) is 0 Å². The van der Waals surface area contributed by atoms with Crippen LogP contribution in [0.3, 0.4) is 0 Å². The van der Waals surface area contributed by atoms with Crippen molar-refractivity contribution in [1.82, 2.24) is 0 Å². The number of nitrogens with zero attached hydrogens (tertiary/aromatic N) is 1. The fraction of sp³-hybridized carbons (Fsp3) is 0.429. The number of carbonyl (C=O) groups is 1. The van der Waals surface area contributed by atoms with Gasteiger partial charge >= 0.3 is 6.07 Å². The van der Waals surface area contributed by atoms with Crippen LogP contribution in [0.15, 0.2) is 12.2 Å². The Bertz CT molecular complexity index is 197. The van der Waals surface area contributed by atoms with Gasteiger partial charge in [-0.2, -0.15) is 0 Å². The predicted octanol–water partition coefficient (Wildman–Crippen LogP) is 0.0354. The lowest BCUT2D eigenvalue weighted by Gasteiger charge is -1.88. The van der Waals surface area contributed by atoms with E-state index in [1.165, 1.54) is 0 Å². The maximum absolute atomic E-state index is 9.96. The summed E-state index contributed by atoms with van der Waals surface area (Å²) in [5, 5.41) is 9.96. The van der Waals surface area contributed by atoms with Crippen LogP contribution in [0, 0.1) is 6.07 Å². The quantitative estimate of drug-likeness (QED) is 0.400. The first-order valence-electron chi connectivity index (χ1n) is 3.01. The molecule has 0 aromatic heterocycles. The van der Waals surface area contributed by atoms with E-state index < -0.39 is 5.97 Å². The Labute approximate surface area is 59.8 Å². The number of carbonyl (C=O) groups excluding carboxylic acids is 1. The van der Waals surface area contributed by atoms with E-state index in [9.17, 15) is 9.90 Å². The summed E-state index contributed by atoms with van der Waals surface area (Å²) in [6.45, 7) is 5.67. The van der Waals surface area contributed by atoms with Gasteiger partial charge in [0.25, 0.3) is 6.54 Å². The average molecular weight is 139 g/mol. The molecule has 0 saturated heterocycles. The van der Waals surface area contributed by atoms with Crippen molar-refractivity contribution < 1.29 is 9.90 Å². The molecule has 0 spiro atoms. The zero-order valence-corrected chi connectivity index (χ0v) is 5.89. The Morgan fingerprint density at radius 2 is 2.40 bits per heavy atom. The highest BCUT2D eigenvalue weighted by Gasteiger charge is 1.94. The molecule has 0 aromatic carbocycles. The van der Waals surface area contributed by atoms with Crippen LogP contribution in [0.25, 0.3) is 4.85 Å². The molecule has 0 rings (SSSR count). The number of hydrogen-bond donors (Lipinski definition) is 0. The van der Waals surface area contributed by atoms with Crippen LogP contribution < -0.4 is 5.11 Å². The molecule has 10 heavy (non-hydrogen) atoms. The van der Waals surface area contributed by atoms with Crippen molar-refractivity contribution in [3.63, 3.8) is 0 Å². The monoisotopic (exact) mass is 139 g/mol. The summed E-state index contributed by atoms with van der Waals surface area (Å²) in [5.74, 6) is -1.32. The van der Waals surface area contributed by atoms with Gasteiger partial charge < -0.3 is 9.90 Å². The maximum Gasteiger partial charge on any atom is 0.312 e. The summed E-state index contributed by atoms with van der Waals surface area (Å²) in [6, 6.07) is 2.25. The van der Waals surface area contributed by atoms with Gasteiger partial charge in [-0.25, -0.2) is 0 Å². The van der Waals surface area contributed by atoms with Gasteiger partial charge in [-0.05, 0) is 0 Å². The number of aliphatic carboxylic acids is 1.